The summed E-state index contributed by atoms with van der Waals surface area (Å²) >= 11 is 0. The highest BCUT2D eigenvalue weighted by atomic mass is 19.1. The first-order chi connectivity index (χ1) is 15.9. The third kappa shape index (κ3) is 4.05. The van der Waals surface area contributed by atoms with Gasteiger partial charge < -0.3 is 5.11 Å². The minimum absolute atomic E-state index is 0.0349. The molecule has 7 nitrogen and oxygen atoms in total. The van der Waals surface area contributed by atoms with Gasteiger partial charge in [0.05, 0.1) is 0 Å². The standard InChI is InChI=1S/C24H24F2N6O/c1-17(24(33,14-32-16-27-15-28-32)20-8-7-19(25)11-21(20)26)30-9-10-31-12-22(29-23(31)13-30)18-5-3-2-4-6-18/h2-8,11-12,15-17,33H,9-10,13-14H2,1H3/p+2/t17-,24-/m1/s1. The number of aromatic nitrogens is 5. The highest BCUT2D eigenvalue weighted by molar-refractivity contribution is 5.57. The zero-order valence-corrected chi connectivity index (χ0v) is 18.2. The molecule has 170 valence electrons. The maximum absolute atomic E-state index is 14.9. The van der Waals surface area contributed by atoms with Gasteiger partial charge in [-0.1, -0.05) is 36.4 Å². The number of nitrogens with one attached hydrogen (secondary N) is 2. The lowest BCUT2D eigenvalue weighted by molar-refractivity contribution is -0.765. The number of imidazole rings is 1. The SMILES string of the molecule is C[C@@H](N1CC[n+]2cc(-c3ccccc3)[nH]c2C1)[C@](O)(C[n+]1cnc[nH]1)c1ccc(F)cc1F. The molecule has 1 aliphatic rings. The van der Waals surface area contributed by atoms with E-state index in [0.29, 0.717) is 13.1 Å². The molecular formula is C24H26F2N6O+2. The van der Waals surface area contributed by atoms with E-state index in [2.05, 4.69) is 42.9 Å². The van der Waals surface area contributed by atoms with Gasteiger partial charge >= 0.3 is 6.33 Å². The molecule has 3 heterocycles. The van der Waals surface area contributed by atoms with E-state index in [4.69, 9.17) is 0 Å². The van der Waals surface area contributed by atoms with Crippen LogP contribution in [0, 0.1) is 11.6 Å². The third-order valence-corrected chi connectivity index (χ3v) is 6.53. The van der Waals surface area contributed by atoms with Gasteiger partial charge in [0, 0.05) is 29.8 Å². The molecule has 0 fully saturated rings. The van der Waals surface area contributed by atoms with Crippen LogP contribution in [0.2, 0.25) is 0 Å². The van der Waals surface area contributed by atoms with Crippen LogP contribution in [0.3, 0.4) is 0 Å². The fourth-order valence-corrected chi connectivity index (χ4v) is 4.61. The van der Waals surface area contributed by atoms with Crippen LogP contribution in [0.5, 0.6) is 0 Å². The summed E-state index contributed by atoms with van der Waals surface area (Å²) in [6.45, 7) is 3.85. The summed E-state index contributed by atoms with van der Waals surface area (Å²) < 4.78 is 32.2. The molecule has 0 spiro atoms. The van der Waals surface area contributed by atoms with Crippen molar-refractivity contribution in [3.8, 4) is 11.3 Å². The van der Waals surface area contributed by atoms with Crippen molar-refractivity contribution in [2.24, 2.45) is 0 Å². The Morgan fingerprint density at radius 2 is 2.03 bits per heavy atom. The van der Waals surface area contributed by atoms with Gasteiger partial charge in [-0.15, -0.1) is 0 Å². The molecule has 3 N–H and O–H groups in total. The Bertz CT molecular complexity index is 1240. The van der Waals surface area contributed by atoms with Crippen LogP contribution in [-0.2, 0) is 25.2 Å². The van der Waals surface area contributed by atoms with Gasteiger partial charge in [0.2, 0.25) is 6.33 Å². The lowest BCUT2D eigenvalue weighted by atomic mass is 9.85. The van der Waals surface area contributed by atoms with E-state index in [1.165, 1.54) is 24.8 Å². The molecule has 33 heavy (non-hydrogen) atoms. The average Bonchev–Trinajstić information content (AvgIpc) is 3.48. The van der Waals surface area contributed by atoms with Crippen LogP contribution in [0.25, 0.3) is 11.3 Å². The van der Waals surface area contributed by atoms with E-state index >= 15 is 0 Å². The summed E-state index contributed by atoms with van der Waals surface area (Å²) in [5.41, 5.74) is 0.535. The quantitative estimate of drug-likeness (QED) is 0.392. The van der Waals surface area contributed by atoms with Crippen molar-refractivity contribution < 1.29 is 23.1 Å². The predicted octanol–water partition coefficient (Wildman–Crippen LogP) is 2.05. The van der Waals surface area contributed by atoms with Crippen molar-refractivity contribution in [2.45, 2.75) is 38.2 Å². The summed E-state index contributed by atoms with van der Waals surface area (Å²) in [6.07, 6.45) is 5.11. The normalized spacial score (nSPS) is 16.8. The number of nitrogens with zero attached hydrogens (tertiary/aromatic N) is 4. The highest BCUT2D eigenvalue weighted by Crippen LogP contribution is 2.32. The van der Waals surface area contributed by atoms with Crippen molar-refractivity contribution in [3.63, 3.8) is 0 Å². The maximum atomic E-state index is 14.9. The first-order valence-corrected chi connectivity index (χ1v) is 10.9. The Kier molecular flexibility index (Phi) is 5.51. The van der Waals surface area contributed by atoms with Crippen molar-refractivity contribution in [3.05, 3.63) is 90.4 Å². The number of aliphatic hydroxyl groups is 1. The molecule has 0 amide bonds. The summed E-state index contributed by atoms with van der Waals surface area (Å²) in [5, 5.41) is 14.8. The third-order valence-electron chi connectivity index (χ3n) is 6.53. The van der Waals surface area contributed by atoms with E-state index in [0.717, 1.165) is 29.7 Å². The molecule has 0 saturated carbocycles. The van der Waals surface area contributed by atoms with Crippen molar-refractivity contribution in [1.29, 1.82) is 0 Å². The summed E-state index contributed by atoms with van der Waals surface area (Å²) in [7, 11) is 0. The van der Waals surface area contributed by atoms with Crippen LogP contribution >= 0.6 is 0 Å². The zero-order valence-electron chi connectivity index (χ0n) is 18.2. The molecule has 2 aromatic heterocycles. The molecule has 0 unspecified atom stereocenters. The number of aromatic amines is 2. The fraction of sp³-hybridized carbons (Fsp3) is 0.292. The fourth-order valence-electron chi connectivity index (χ4n) is 4.61. The van der Waals surface area contributed by atoms with E-state index in [-0.39, 0.29) is 12.1 Å². The summed E-state index contributed by atoms with van der Waals surface area (Å²) in [6, 6.07) is 12.9. The zero-order chi connectivity index (χ0) is 23.0. The second-order valence-electron chi connectivity index (χ2n) is 8.52. The van der Waals surface area contributed by atoms with Crippen LogP contribution < -0.4 is 9.25 Å². The second-order valence-corrected chi connectivity index (χ2v) is 8.52. The second kappa shape index (κ2) is 8.49. The van der Waals surface area contributed by atoms with Crippen molar-refractivity contribution in [2.75, 3.05) is 6.54 Å². The van der Waals surface area contributed by atoms with E-state index in [1.807, 2.05) is 25.1 Å². The van der Waals surface area contributed by atoms with Gasteiger partial charge in [0.25, 0.3) is 5.82 Å². The smallest absolute Gasteiger partial charge is 0.306 e. The van der Waals surface area contributed by atoms with Crippen LogP contribution in [0.15, 0.2) is 67.4 Å². The predicted molar refractivity (Wildman–Crippen MR) is 115 cm³/mol. The number of hydrogen-bond donors (Lipinski definition) is 3. The molecule has 4 aromatic rings. The van der Waals surface area contributed by atoms with Gasteiger partial charge in [0.15, 0.2) is 5.69 Å². The Labute approximate surface area is 190 Å². The number of halogens is 2. The van der Waals surface area contributed by atoms with E-state index in [1.54, 1.807) is 4.68 Å². The number of hydrogen-bond acceptors (Lipinski definition) is 3. The molecule has 2 atom stereocenters. The monoisotopic (exact) mass is 452 g/mol. The topological polar surface area (TPSA) is 75.7 Å². The van der Waals surface area contributed by atoms with E-state index in [9.17, 15) is 13.9 Å². The van der Waals surface area contributed by atoms with Gasteiger partial charge in [-0.05, 0) is 18.0 Å². The molecule has 0 radical (unpaired) electrons. The maximum Gasteiger partial charge on any atom is 0.306 e. The lowest BCUT2D eigenvalue weighted by Crippen LogP contribution is -2.60. The molecule has 2 aromatic carbocycles. The molecular weight excluding hydrogens is 426 g/mol. The van der Waals surface area contributed by atoms with Crippen molar-refractivity contribution >= 4 is 0 Å². The minimum Gasteiger partial charge on any atom is -0.379 e. The Hall–Kier alpha value is -3.43. The number of H-pyrrole nitrogens is 2. The van der Waals surface area contributed by atoms with Crippen LogP contribution in [-0.4, -0.2) is 37.7 Å². The van der Waals surface area contributed by atoms with Crippen LogP contribution in [0.4, 0.5) is 8.78 Å². The van der Waals surface area contributed by atoms with Gasteiger partial charge in [0.1, 0.15) is 43.1 Å². The number of rotatable bonds is 6. The Morgan fingerprint density at radius 1 is 1.21 bits per heavy atom. The van der Waals surface area contributed by atoms with Gasteiger partial charge in [-0.2, -0.15) is 9.78 Å². The molecule has 1 aliphatic heterocycles. The number of fused-ring (bicyclic) bond motifs is 1. The molecule has 0 saturated heterocycles. The van der Waals surface area contributed by atoms with Gasteiger partial charge in [-0.25, -0.2) is 18.3 Å². The molecule has 0 aliphatic carbocycles. The largest absolute Gasteiger partial charge is 0.379 e. The summed E-state index contributed by atoms with van der Waals surface area (Å²) in [5.74, 6) is -0.454. The molecule has 0 bridgehead atoms. The highest BCUT2D eigenvalue weighted by Gasteiger charge is 2.45. The lowest BCUT2D eigenvalue weighted by Gasteiger charge is -2.40. The molecule has 5 rings (SSSR count). The van der Waals surface area contributed by atoms with E-state index < -0.39 is 23.3 Å². The van der Waals surface area contributed by atoms with Crippen LogP contribution in [0.1, 0.15) is 18.3 Å². The Morgan fingerprint density at radius 3 is 2.76 bits per heavy atom. The van der Waals surface area contributed by atoms with Gasteiger partial charge in [-0.3, -0.25) is 4.90 Å². The summed E-state index contributed by atoms with van der Waals surface area (Å²) in [4.78, 5) is 9.59. The number of benzene rings is 2. The first-order valence-electron chi connectivity index (χ1n) is 10.9. The minimum atomic E-state index is -1.63. The average molecular weight is 453 g/mol. The first kappa shape index (κ1) is 21.4. The Balaban J connectivity index is 1.46. The van der Waals surface area contributed by atoms with Crippen molar-refractivity contribution in [1.82, 2.24) is 20.0 Å². The molecule has 9 heteroatoms.